The van der Waals surface area contributed by atoms with Crippen molar-refractivity contribution in [2.75, 3.05) is 18.0 Å². The number of nitrogens with zero attached hydrogens (tertiary/aromatic N) is 2. The number of carbonyl (C=O) groups is 2. The smallest absolute Gasteiger partial charge is 0.264 e. The zero-order valence-electron chi connectivity index (χ0n) is 27.4. The molecule has 1 N–H and O–H groups in total. The van der Waals surface area contributed by atoms with Crippen LogP contribution in [0.15, 0.2) is 108 Å². The molecule has 9 heteroatoms. The number of hydrogen-bond acceptors (Lipinski definition) is 5. The molecule has 0 aromatic heterocycles. The Morgan fingerprint density at radius 3 is 2.09 bits per heavy atom. The Morgan fingerprint density at radius 1 is 0.804 bits per heavy atom. The maximum Gasteiger partial charge on any atom is 0.264 e. The first-order valence-electron chi connectivity index (χ1n) is 15.2. The number of aryl methyl sites for hydroxylation is 2. The Labute approximate surface area is 273 Å². The molecule has 0 saturated heterocycles. The molecule has 0 saturated carbocycles. The first kappa shape index (κ1) is 34.2. The van der Waals surface area contributed by atoms with Crippen molar-refractivity contribution in [3.8, 4) is 5.75 Å². The van der Waals surface area contributed by atoms with E-state index in [4.69, 9.17) is 4.74 Å². The zero-order valence-corrected chi connectivity index (χ0v) is 28.2. The number of sulfonamides is 1. The predicted molar refractivity (Wildman–Crippen MR) is 182 cm³/mol. The van der Waals surface area contributed by atoms with E-state index in [9.17, 15) is 18.0 Å². The van der Waals surface area contributed by atoms with Gasteiger partial charge in [0.2, 0.25) is 11.8 Å². The molecular formula is C37H43N3O5S. The fraction of sp³-hybridized carbons (Fsp3) is 0.297. The summed E-state index contributed by atoms with van der Waals surface area (Å²) in [6, 6.07) is 29.4. The van der Waals surface area contributed by atoms with Gasteiger partial charge >= 0.3 is 0 Å². The summed E-state index contributed by atoms with van der Waals surface area (Å²) in [4.78, 5) is 30.2. The van der Waals surface area contributed by atoms with Gasteiger partial charge in [-0.1, -0.05) is 83.9 Å². The maximum atomic E-state index is 14.6. The fourth-order valence-corrected chi connectivity index (χ4v) is 6.55. The van der Waals surface area contributed by atoms with Gasteiger partial charge in [-0.2, -0.15) is 0 Å². The quantitative estimate of drug-likeness (QED) is 0.203. The van der Waals surface area contributed by atoms with E-state index in [1.165, 1.54) is 24.1 Å². The highest BCUT2D eigenvalue weighted by molar-refractivity contribution is 7.92. The van der Waals surface area contributed by atoms with Gasteiger partial charge in [-0.3, -0.25) is 13.9 Å². The lowest BCUT2D eigenvalue weighted by Gasteiger charge is -2.35. The molecule has 0 spiro atoms. The molecule has 1 atom stereocenters. The van der Waals surface area contributed by atoms with Crippen LogP contribution >= 0.6 is 0 Å². The summed E-state index contributed by atoms with van der Waals surface area (Å²) in [7, 11) is -2.71. The van der Waals surface area contributed by atoms with Crippen molar-refractivity contribution in [2.45, 2.75) is 64.1 Å². The highest BCUT2D eigenvalue weighted by Crippen LogP contribution is 2.28. The topological polar surface area (TPSA) is 96.0 Å². The number of nitrogens with one attached hydrogen (secondary N) is 1. The van der Waals surface area contributed by atoms with E-state index >= 15 is 0 Å². The van der Waals surface area contributed by atoms with Crippen LogP contribution < -0.4 is 14.4 Å². The number of rotatable bonds is 12. The first-order chi connectivity index (χ1) is 21.8. The first-order valence-corrected chi connectivity index (χ1v) is 16.7. The van der Waals surface area contributed by atoms with Crippen LogP contribution in [0, 0.1) is 13.8 Å². The summed E-state index contributed by atoms with van der Waals surface area (Å²) in [5.41, 5.74) is 3.30. The second kappa shape index (κ2) is 14.6. The lowest BCUT2D eigenvalue weighted by molar-refractivity contribution is -0.140. The predicted octanol–water partition coefficient (Wildman–Crippen LogP) is 6.06. The van der Waals surface area contributed by atoms with Crippen LogP contribution in [0.25, 0.3) is 0 Å². The van der Waals surface area contributed by atoms with Gasteiger partial charge in [0.05, 0.1) is 17.7 Å². The Hall–Kier alpha value is -4.63. The average Bonchev–Trinajstić information content (AvgIpc) is 3.01. The second-order valence-electron chi connectivity index (χ2n) is 12.5. The number of carbonyl (C=O) groups excluding carboxylic acids is 2. The lowest BCUT2D eigenvalue weighted by atomic mass is 10.0. The standard InChI is InChI=1S/C37H43N3O5S/c1-27-18-20-33(21-19-27)46(43,44)40(31-16-11-17-32(24-31)45-6)26-35(41)39(25-30-15-10-12-28(2)22-30)34(36(42)38-37(3,4)5)23-29-13-8-7-9-14-29/h7-22,24,34H,23,25-26H2,1-6H3,(H,38,42). The summed E-state index contributed by atoms with van der Waals surface area (Å²) >= 11 is 0. The van der Waals surface area contributed by atoms with Crippen molar-refractivity contribution in [3.05, 3.63) is 125 Å². The molecule has 0 bridgehead atoms. The largest absolute Gasteiger partial charge is 0.497 e. The number of methoxy groups -OCH3 is 1. The van der Waals surface area contributed by atoms with Crippen LogP contribution in [0.3, 0.4) is 0 Å². The molecule has 0 aliphatic rings. The van der Waals surface area contributed by atoms with Crippen LogP contribution in [0.2, 0.25) is 0 Å². The molecule has 0 aliphatic heterocycles. The molecule has 0 radical (unpaired) electrons. The molecule has 8 nitrogen and oxygen atoms in total. The van der Waals surface area contributed by atoms with E-state index < -0.39 is 34.1 Å². The second-order valence-corrected chi connectivity index (χ2v) is 14.3. The average molecular weight is 642 g/mol. The van der Waals surface area contributed by atoms with E-state index in [1.807, 2.05) is 89.2 Å². The van der Waals surface area contributed by atoms with Crippen LogP contribution in [-0.4, -0.2) is 50.4 Å². The molecule has 1 unspecified atom stereocenters. The molecule has 242 valence electrons. The third kappa shape index (κ3) is 8.97. The van der Waals surface area contributed by atoms with Crippen molar-refractivity contribution >= 4 is 27.5 Å². The third-order valence-electron chi connectivity index (χ3n) is 7.43. The van der Waals surface area contributed by atoms with E-state index in [1.54, 1.807) is 36.4 Å². The number of benzene rings is 4. The van der Waals surface area contributed by atoms with Gasteiger partial charge in [-0.05, 0) is 70.0 Å². The molecule has 2 amide bonds. The minimum atomic E-state index is -4.21. The van der Waals surface area contributed by atoms with Crippen molar-refractivity contribution < 1.29 is 22.7 Å². The number of ether oxygens (including phenoxy) is 1. The Balaban J connectivity index is 1.83. The highest BCUT2D eigenvalue weighted by Gasteiger charge is 2.35. The van der Waals surface area contributed by atoms with Crippen LogP contribution in [0.5, 0.6) is 5.75 Å². The zero-order chi connectivity index (χ0) is 33.5. The fourth-order valence-electron chi connectivity index (χ4n) is 5.15. The molecule has 4 rings (SSSR count). The summed E-state index contributed by atoms with van der Waals surface area (Å²) in [6.07, 6.45) is 0.240. The number of anilines is 1. The van der Waals surface area contributed by atoms with Gasteiger partial charge < -0.3 is 15.0 Å². The molecule has 0 heterocycles. The van der Waals surface area contributed by atoms with Gasteiger partial charge in [0, 0.05) is 24.6 Å². The van der Waals surface area contributed by atoms with E-state index in [0.717, 1.165) is 26.6 Å². The molecule has 0 aliphatic carbocycles. The van der Waals surface area contributed by atoms with Gasteiger partial charge in [0.15, 0.2) is 0 Å². The summed E-state index contributed by atoms with van der Waals surface area (Å²) in [6.45, 7) is 9.05. The monoisotopic (exact) mass is 641 g/mol. The van der Waals surface area contributed by atoms with E-state index in [-0.39, 0.29) is 29.5 Å². The minimum Gasteiger partial charge on any atom is -0.497 e. The van der Waals surface area contributed by atoms with Crippen LogP contribution in [0.1, 0.15) is 43.0 Å². The normalized spacial score (nSPS) is 12.2. The Kier molecular flexibility index (Phi) is 10.9. The molecule has 4 aromatic rings. The van der Waals surface area contributed by atoms with Gasteiger partial charge in [0.25, 0.3) is 10.0 Å². The maximum absolute atomic E-state index is 14.6. The van der Waals surface area contributed by atoms with Crippen molar-refractivity contribution in [3.63, 3.8) is 0 Å². The minimum absolute atomic E-state index is 0.0465. The molecule has 4 aromatic carbocycles. The van der Waals surface area contributed by atoms with E-state index in [2.05, 4.69) is 5.32 Å². The van der Waals surface area contributed by atoms with Gasteiger partial charge in [-0.15, -0.1) is 0 Å². The van der Waals surface area contributed by atoms with E-state index in [0.29, 0.717) is 5.75 Å². The van der Waals surface area contributed by atoms with Crippen molar-refractivity contribution in [2.24, 2.45) is 0 Å². The highest BCUT2D eigenvalue weighted by atomic mass is 32.2. The molecule has 46 heavy (non-hydrogen) atoms. The van der Waals surface area contributed by atoms with Crippen LogP contribution in [-0.2, 0) is 32.6 Å². The number of hydrogen-bond donors (Lipinski definition) is 1. The van der Waals surface area contributed by atoms with Crippen molar-refractivity contribution in [1.82, 2.24) is 10.2 Å². The molecular weight excluding hydrogens is 598 g/mol. The van der Waals surface area contributed by atoms with Crippen LogP contribution in [0.4, 0.5) is 5.69 Å². The summed E-state index contributed by atoms with van der Waals surface area (Å²) in [5.74, 6) is -0.408. The Bertz CT molecular complexity index is 1750. The Morgan fingerprint density at radius 2 is 1.46 bits per heavy atom. The van der Waals surface area contributed by atoms with Gasteiger partial charge in [-0.25, -0.2) is 8.42 Å². The SMILES string of the molecule is COc1cccc(N(CC(=O)N(Cc2cccc(C)c2)C(Cc2ccccc2)C(=O)NC(C)(C)C)S(=O)(=O)c2ccc(C)cc2)c1. The summed E-state index contributed by atoms with van der Waals surface area (Å²) in [5, 5.41) is 3.05. The lowest BCUT2D eigenvalue weighted by Crippen LogP contribution is -2.56. The molecule has 0 fully saturated rings. The van der Waals surface area contributed by atoms with Gasteiger partial charge in [0.1, 0.15) is 18.3 Å². The number of amides is 2. The summed E-state index contributed by atoms with van der Waals surface area (Å²) < 4.78 is 34.9. The third-order valence-corrected chi connectivity index (χ3v) is 9.22. The van der Waals surface area contributed by atoms with Crippen molar-refractivity contribution in [1.29, 1.82) is 0 Å².